The van der Waals surface area contributed by atoms with Crippen LogP contribution in [0.4, 0.5) is 0 Å². The van der Waals surface area contributed by atoms with Gasteiger partial charge in [-0.1, -0.05) is 49.4 Å². The summed E-state index contributed by atoms with van der Waals surface area (Å²) < 4.78 is 0. The summed E-state index contributed by atoms with van der Waals surface area (Å²) in [5.74, 6) is 2.13. The molecule has 2 rings (SSSR count). The first kappa shape index (κ1) is 9.70. The summed E-state index contributed by atoms with van der Waals surface area (Å²) in [6.07, 6.45) is 5.79. The Balaban J connectivity index is 2.43. The monoisotopic (exact) mass is 196 g/mol. The first-order valence-electron chi connectivity index (χ1n) is 5.01. The fraction of sp³-hybridized carbons (Fsp3) is 0.143. The molecule has 0 bridgehead atoms. The van der Waals surface area contributed by atoms with Crippen molar-refractivity contribution in [1.82, 2.24) is 0 Å². The standard InChI is InChI=1S/C14H12O/c1-11-13(10-15)8-5-9-14(11)12-6-3-2-4-7-12/h2-9,11H,1H3. The van der Waals surface area contributed by atoms with E-state index in [4.69, 9.17) is 0 Å². The van der Waals surface area contributed by atoms with Gasteiger partial charge in [0, 0.05) is 11.5 Å². The number of rotatable bonds is 1. The van der Waals surface area contributed by atoms with Crippen molar-refractivity contribution in [2.45, 2.75) is 6.92 Å². The quantitative estimate of drug-likeness (QED) is 0.631. The van der Waals surface area contributed by atoms with Crippen molar-refractivity contribution in [2.75, 3.05) is 0 Å². The van der Waals surface area contributed by atoms with Gasteiger partial charge < -0.3 is 0 Å². The molecule has 1 heteroatoms. The Kier molecular flexibility index (Phi) is 2.66. The Labute approximate surface area is 89.4 Å². The van der Waals surface area contributed by atoms with Crippen molar-refractivity contribution in [3.63, 3.8) is 0 Å². The molecule has 0 saturated carbocycles. The molecule has 0 aliphatic heterocycles. The van der Waals surface area contributed by atoms with E-state index in [1.165, 1.54) is 11.1 Å². The Bertz CT molecular complexity index is 459. The maximum Gasteiger partial charge on any atom is 0.128 e. The molecule has 1 aliphatic carbocycles. The molecule has 74 valence electrons. The van der Waals surface area contributed by atoms with Crippen molar-refractivity contribution in [3.8, 4) is 0 Å². The Morgan fingerprint density at radius 2 is 1.93 bits per heavy atom. The Hall–Kier alpha value is -1.85. The minimum Gasteiger partial charge on any atom is -0.233 e. The van der Waals surface area contributed by atoms with E-state index < -0.39 is 0 Å². The second kappa shape index (κ2) is 4.12. The SMILES string of the molecule is CC1C(=C=O)C=CC=C1c1ccccc1. The molecule has 0 saturated heterocycles. The summed E-state index contributed by atoms with van der Waals surface area (Å²) in [4.78, 5) is 10.7. The third-order valence-electron chi connectivity index (χ3n) is 2.71. The Morgan fingerprint density at radius 3 is 2.60 bits per heavy atom. The van der Waals surface area contributed by atoms with E-state index >= 15 is 0 Å². The van der Waals surface area contributed by atoms with E-state index in [0.717, 1.165) is 5.57 Å². The molecular formula is C14H12O. The van der Waals surface area contributed by atoms with Crippen LogP contribution in [0, 0.1) is 5.92 Å². The van der Waals surface area contributed by atoms with Crippen LogP contribution in [-0.2, 0) is 4.79 Å². The van der Waals surface area contributed by atoms with Gasteiger partial charge in [0.25, 0.3) is 0 Å². The third-order valence-corrected chi connectivity index (χ3v) is 2.71. The van der Waals surface area contributed by atoms with E-state index in [-0.39, 0.29) is 5.92 Å². The number of hydrogen-bond donors (Lipinski definition) is 0. The molecule has 1 aromatic carbocycles. The molecule has 0 heterocycles. The van der Waals surface area contributed by atoms with Crippen LogP contribution in [0.25, 0.3) is 5.57 Å². The van der Waals surface area contributed by atoms with Crippen LogP contribution in [0.15, 0.2) is 54.1 Å². The van der Waals surface area contributed by atoms with E-state index in [1.807, 2.05) is 43.2 Å². The van der Waals surface area contributed by atoms with E-state index in [2.05, 4.69) is 18.2 Å². The second-order valence-electron chi connectivity index (χ2n) is 3.63. The molecule has 0 fully saturated rings. The highest BCUT2D eigenvalue weighted by atomic mass is 16.1. The predicted octanol–water partition coefficient (Wildman–Crippen LogP) is 3.03. The minimum atomic E-state index is 0.134. The zero-order valence-electron chi connectivity index (χ0n) is 8.60. The summed E-state index contributed by atoms with van der Waals surface area (Å²) in [5, 5.41) is 0. The van der Waals surface area contributed by atoms with Gasteiger partial charge in [-0.25, -0.2) is 4.79 Å². The molecule has 1 nitrogen and oxygen atoms in total. The van der Waals surface area contributed by atoms with Crippen LogP contribution in [0.5, 0.6) is 0 Å². The van der Waals surface area contributed by atoms with Gasteiger partial charge in [-0.05, 0) is 17.2 Å². The molecule has 1 atom stereocenters. The molecule has 0 aromatic heterocycles. The van der Waals surface area contributed by atoms with Gasteiger partial charge in [-0.2, -0.15) is 0 Å². The topological polar surface area (TPSA) is 17.1 Å². The average Bonchev–Trinajstić information content (AvgIpc) is 2.30. The van der Waals surface area contributed by atoms with E-state index in [9.17, 15) is 4.79 Å². The number of hydrogen-bond acceptors (Lipinski definition) is 1. The summed E-state index contributed by atoms with van der Waals surface area (Å²) in [6.45, 7) is 2.03. The number of carbonyl (C=O) groups excluding carboxylic acids is 1. The molecule has 0 spiro atoms. The van der Waals surface area contributed by atoms with Crippen molar-refractivity contribution in [2.24, 2.45) is 5.92 Å². The highest BCUT2D eigenvalue weighted by Gasteiger charge is 2.16. The van der Waals surface area contributed by atoms with Crippen molar-refractivity contribution >= 4 is 11.5 Å². The highest BCUT2D eigenvalue weighted by Crippen LogP contribution is 2.31. The van der Waals surface area contributed by atoms with Crippen molar-refractivity contribution in [1.29, 1.82) is 0 Å². The van der Waals surface area contributed by atoms with Gasteiger partial charge >= 0.3 is 0 Å². The number of benzene rings is 1. The van der Waals surface area contributed by atoms with E-state index in [1.54, 1.807) is 0 Å². The second-order valence-corrected chi connectivity index (χ2v) is 3.63. The molecule has 0 amide bonds. The van der Waals surface area contributed by atoms with Gasteiger partial charge in [0.1, 0.15) is 5.94 Å². The summed E-state index contributed by atoms with van der Waals surface area (Å²) in [5.41, 5.74) is 3.06. The van der Waals surface area contributed by atoms with Crippen LogP contribution in [0.2, 0.25) is 0 Å². The minimum absolute atomic E-state index is 0.134. The van der Waals surface area contributed by atoms with E-state index in [0.29, 0.717) is 0 Å². The third kappa shape index (κ3) is 1.83. The van der Waals surface area contributed by atoms with Gasteiger partial charge in [0.15, 0.2) is 0 Å². The molecule has 0 radical (unpaired) electrons. The summed E-state index contributed by atoms with van der Waals surface area (Å²) >= 11 is 0. The maximum absolute atomic E-state index is 10.7. The first-order valence-corrected chi connectivity index (χ1v) is 5.01. The van der Waals surface area contributed by atoms with Crippen molar-refractivity contribution in [3.05, 3.63) is 59.7 Å². The molecule has 1 unspecified atom stereocenters. The molecule has 1 aromatic rings. The van der Waals surface area contributed by atoms with Crippen LogP contribution in [0.3, 0.4) is 0 Å². The van der Waals surface area contributed by atoms with Crippen LogP contribution >= 0.6 is 0 Å². The lowest BCUT2D eigenvalue weighted by Gasteiger charge is -2.18. The summed E-state index contributed by atoms with van der Waals surface area (Å²) in [6, 6.07) is 10.1. The lowest BCUT2D eigenvalue weighted by Crippen LogP contribution is -2.04. The maximum atomic E-state index is 10.7. The first-order chi connectivity index (χ1) is 7.33. The summed E-state index contributed by atoms with van der Waals surface area (Å²) in [7, 11) is 0. The van der Waals surface area contributed by atoms with Crippen LogP contribution in [0.1, 0.15) is 12.5 Å². The normalized spacial score (nSPS) is 19.7. The lowest BCUT2D eigenvalue weighted by molar-refractivity contribution is 0.565. The molecule has 1 aliphatic rings. The average molecular weight is 196 g/mol. The van der Waals surface area contributed by atoms with Crippen LogP contribution < -0.4 is 0 Å². The predicted molar refractivity (Wildman–Crippen MR) is 61.9 cm³/mol. The van der Waals surface area contributed by atoms with Gasteiger partial charge in [-0.3, -0.25) is 0 Å². The fourth-order valence-corrected chi connectivity index (χ4v) is 1.81. The fourth-order valence-electron chi connectivity index (χ4n) is 1.81. The Morgan fingerprint density at radius 1 is 1.20 bits per heavy atom. The smallest absolute Gasteiger partial charge is 0.128 e. The van der Waals surface area contributed by atoms with Crippen LogP contribution in [-0.4, -0.2) is 5.94 Å². The van der Waals surface area contributed by atoms with Gasteiger partial charge in [-0.15, -0.1) is 0 Å². The van der Waals surface area contributed by atoms with Gasteiger partial charge in [0.2, 0.25) is 0 Å². The van der Waals surface area contributed by atoms with Gasteiger partial charge in [0.05, 0.1) is 0 Å². The zero-order valence-corrected chi connectivity index (χ0v) is 8.60. The molecular weight excluding hydrogens is 184 g/mol. The highest BCUT2D eigenvalue weighted by molar-refractivity contribution is 5.78. The lowest BCUT2D eigenvalue weighted by atomic mass is 9.85. The number of allylic oxidation sites excluding steroid dienone is 5. The molecule has 15 heavy (non-hydrogen) atoms. The zero-order chi connectivity index (χ0) is 10.7. The van der Waals surface area contributed by atoms with Crippen molar-refractivity contribution < 1.29 is 4.79 Å². The molecule has 0 N–H and O–H groups in total. The largest absolute Gasteiger partial charge is 0.233 e.